The molecule has 0 saturated carbocycles. The monoisotopic (exact) mass is 389 g/mol. The molecule has 0 aromatic heterocycles. The highest BCUT2D eigenvalue weighted by Crippen LogP contribution is 2.28. The first-order valence-electron chi connectivity index (χ1n) is 8.29. The van der Waals surface area contributed by atoms with Crippen LogP contribution in [-0.4, -0.2) is 31.3 Å². The van der Waals surface area contributed by atoms with Crippen molar-refractivity contribution in [3.05, 3.63) is 48.0 Å². The van der Waals surface area contributed by atoms with E-state index in [1.54, 1.807) is 31.4 Å². The van der Waals surface area contributed by atoms with E-state index in [1.807, 2.05) is 32.0 Å². The number of nitrogens with one attached hydrogen (secondary N) is 3. The molecule has 2 aromatic carbocycles. The molecule has 0 radical (unpaired) electrons. The van der Waals surface area contributed by atoms with Crippen molar-refractivity contribution in [2.75, 3.05) is 19.5 Å². The Morgan fingerprint density at radius 3 is 2.44 bits per heavy atom. The molecule has 0 heterocycles. The van der Waals surface area contributed by atoms with E-state index in [0.717, 1.165) is 5.69 Å². The van der Waals surface area contributed by atoms with Crippen LogP contribution in [-0.2, 0) is 0 Å². The van der Waals surface area contributed by atoms with Crippen LogP contribution in [0.3, 0.4) is 0 Å². The molecule has 8 heteroatoms. The SMILES string of the molecule is COc1cccc(NC(=S)NNC(=O)c2ccc(OC(C)C)c(OC)c2)c1. The number of hydrazine groups is 1. The van der Waals surface area contributed by atoms with Gasteiger partial charge in [0, 0.05) is 17.3 Å². The van der Waals surface area contributed by atoms with Crippen LogP contribution in [0.4, 0.5) is 5.69 Å². The molecule has 0 bridgehead atoms. The number of benzene rings is 2. The molecule has 2 aromatic rings. The summed E-state index contributed by atoms with van der Waals surface area (Å²) >= 11 is 5.18. The molecule has 3 N–H and O–H groups in total. The summed E-state index contributed by atoms with van der Waals surface area (Å²) in [6, 6.07) is 12.2. The zero-order chi connectivity index (χ0) is 19.8. The molecular formula is C19H23N3O4S. The molecule has 7 nitrogen and oxygen atoms in total. The number of thiocarbonyl (C=S) groups is 1. The lowest BCUT2D eigenvalue weighted by Gasteiger charge is -2.15. The standard InChI is InChI=1S/C19H23N3O4S/c1-12(2)26-16-9-8-13(10-17(16)25-4)18(23)21-22-19(27)20-14-6-5-7-15(11-14)24-3/h5-12H,1-4H3,(H,21,23)(H2,20,22,27). The van der Waals surface area contributed by atoms with E-state index >= 15 is 0 Å². The Morgan fingerprint density at radius 1 is 1.00 bits per heavy atom. The molecule has 0 aliphatic rings. The maximum atomic E-state index is 12.3. The quantitative estimate of drug-likeness (QED) is 0.517. The molecular weight excluding hydrogens is 366 g/mol. The molecule has 0 fully saturated rings. The number of carbonyl (C=O) groups is 1. The summed E-state index contributed by atoms with van der Waals surface area (Å²) in [4.78, 5) is 12.3. The van der Waals surface area contributed by atoms with E-state index in [0.29, 0.717) is 22.8 Å². The van der Waals surface area contributed by atoms with Gasteiger partial charge in [0.2, 0.25) is 0 Å². The third kappa shape index (κ3) is 6.03. The number of rotatable bonds is 6. The average Bonchev–Trinajstić information content (AvgIpc) is 2.66. The number of carbonyl (C=O) groups excluding carboxylic acids is 1. The molecule has 0 saturated heterocycles. The largest absolute Gasteiger partial charge is 0.497 e. The Balaban J connectivity index is 1.95. The van der Waals surface area contributed by atoms with Gasteiger partial charge in [-0.2, -0.15) is 0 Å². The minimum absolute atomic E-state index is 0.000280. The van der Waals surface area contributed by atoms with E-state index in [9.17, 15) is 4.79 Å². The molecule has 0 aliphatic heterocycles. The van der Waals surface area contributed by atoms with E-state index in [1.165, 1.54) is 7.11 Å². The minimum atomic E-state index is -0.362. The van der Waals surface area contributed by atoms with Gasteiger partial charge in [0.25, 0.3) is 5.91 Å². The zero-order valence-electron chi connectivity index (χ0n) is 15.7. The third-order valence-corrected chi connectivity index (χ3v) is 3.61. The van der Waals surface area contributed by atoms with Crippen LogP contribution in [0.25, 0.3) is 0 Å². The Kier molecular flexibility index (Phi) is 7.25. The second-order valence-electron chi connectivity index (χ2n) is 5.80. The van der Waals surface area contributed by atoms with Crippen molar-refractivity contribution >= 4 is 28.9 Å². The number of hydrogen-bond donors (Lipinski definition) is 3. The van der Waals surface area contributed by atoms with Crippen molar-refractivity contribution in [3.8, 4) is 17.2 Å². The van der Waals surface area contributed by atoms with Crippen LogP contribution in [0, 0.1) is 0 Å². The van der Waals surface area contributed by atoms with E-state index in [-0.39, 0.29) is 17.1 Å². The van der Waals surface area contributed by atoms with Gasteiger partial charge in [0.05, 0.1) is 20.3 Å². The Hall–Kier alpha value is -3.00. The van der Waals surface area contributed by atoms with Crippen LogP contribution in [0.5, 0.6) is 17.2 Å². The molecule has 27 heavy (non-hydrogen) atoms. The van der Waals surface area contributed by atoms with Crippen molar-refractivity contribution < 1.29 is 19.0 Å². The minimum Gasteiger partial charge on any atom is -0.497 e. The lowest BCUT2D eigenvalue weighted by atomic mass is 10.2. The predicted octanol–water partition coefficient (Wildman–Crippen LogP) is 3.12. The highest BCUT2D eigenvalue weighted by atomic mass is 32.1. The average molecular weight is 389 g/mol. The van der Waals surface area contributed by atoms with Crippen molar-refractivity contribution in [2.24, 2.45) is 0 Å². The molecule has 0 atom stereocenters. The van der Waals surface area contributed by atoms with Gasteiger partial charge in [-0.15, -0.1) is 0 Å². The second-order valence-corrected chi connectivity index (χ2v) is 6.21. The fourth-order valence-electron chi connectivity index (χ4n) is 2.21. The van der Waals surface area contributed by atoms with Crippen LogP contribution >= 0.6 is 12.2 Å². The summed E-state index contributed by atoms with van der Waals surface area (Å²) in [5.41, 5.74) is 6.33. The summed E-state index contributed by atoms with van der Waals surface area (Å²) in [6.45, 7) is 3.83. The maximum Gasteiger partial charge on any atom is 0.269 e. The lowest BCUT2D eigenvalue weighted by Crippen LogP contribution is -2.43. The first-order chi connectivity index (χ1) is 12.9. The van der Waals surface area contributed by atoms with Gasteiger partial charge in [-0.3, -0.25) is 15.6 Å². The van der Waals surface area contributed by atoms with E-state index < -0.39 is 0 Å². The fourth-order valence-corrected chi connectivity index (χ4v) is 2.38. The predicted molar refractivity (Wildman–Crippen MR) is 109 cm³/mol. The summed E-state index contributed by atoms with van der Waals surface area (Å²) in [7, 11) is 3.11. The third-order valence-electron chi connectivity index (χ3n) is 3.41. The van der Waals surface area contributed by atoms with Crippen LogP contribution in [0.2, 0.25) is 0 Å². The van der Waals surface area contributed by atoms with Crippen LogP contribution in [0.1, 0.15) is 24.2 Å². The van der Waals surface area contributed by atoms with E-state index in [2.05, 4.69) is 16.2 Å². The van der Waals surface area contributed by atoms with E-state index in [4.69, 9.17) is 26.4 Å². The van der Waals surface area contributed by atoms with Gasteiger partial charge in [-0.1, -0.05) is 6.07 Å². The molecule has 1 amide bonds. The van der Waals surface area contributed by atoms with Gasteiger partial charge < -0.3 is 19.5 Å². The summed E-state index contributed by atoms with van der Waals surface area (Å²) < 4.78 is 16.1. The van der Waals surface area contributed by atoms with Gasteiger partial charge in [0.1, 0.15) is 5.75 Å². The molecule has 0 spiro atoms. The summed E-state index contributed by atoms with van der Waals surface area (Å²) in [6.07, 6.45) is 0.000280. The Morgan fingerprint density at radius 2 is 1.78 bits per heavy atom. The summed E-state index contributed by atoms with van der Waals surface area (Å²) in [5.74, 6) is 1.39. The maximum absolute atomic E-state index is 12.3. The number of anilines is 1. The topological polar surface area (TPSA) is 80.9 Å². The normalized spacial score (nSPS) is 10.1. The van der Waals surface area contributed by atoms with Gasteiger partial charge in [-0.25, -0.2) is 0 Å². The molecule has 0 unspecified atom stereocenters. The van der Waals surface area contributed by atoms with Gasteiger partial charge in [0.15, 0.2) is 16.6 Å². The number of methoxy groups -OCH3 is 2. The lowest BCUT2D eigenvalue weighted by molar-refractivity contribution is 0.0943. The highest BCUT2D eigenvalue weighted by Gasteiger charge is 2.12. The zero-order valence-corrected chi connectivity index (χ0v) is 16.5. The van der Waals surface area contributed by atoms with Crippen molar-refractivity contribution in [2.45, 2.75) is 20.0 Å². The van der Waals surface area contributed by atoms with Gasteiger partial charge in [-0.05, 0) is 56.4 Å². The second kappa shape index (κ2) is 9.63. The van der Waals surface area contributed by atoms with Crippen molar-refractivity contribution in [3.63, 3.8) is 0 Å². The molecule has 144 valence electrons. The van der Waals surface area contributed by atoms with Crippen molar-refractivity contribution in [1.82, 2.24) is 10.9 Å². The highest BCUT2D eigenvalue weighted by molar-refractivity contribution is 7.80. The van der Waals surface area contributed by atoms with Crippen LogP contribution in [0.15, 0.2) is 42.5 Å². The Labute approximate surface area is 164 Å². The van der Waals surface area contributed by atoms with Gasteiger partial charge >= 0.3 is 0 Å². The first-order valence-corrected chi connectivity index (χ1v) is 8.70. The summed E-state index contributed by atoms with van der Waals surface area (Å²) in [5, 5.41) is 3.20. The number of amides is 1. The smallest absolute Gasteiger partial charge is 0.269 e. The van der Waals surface area contributed by atoms with Crippen molar-refractivity contribution in [1.29, 1.82) is 0 Å². The molecule has 2 rings (SSSR count). The Bertz CT molecular complexity index is 811. The first kappa shape index (κ1) is 20.3. The fraction of sp³-hybridized carbons (Fsp3) is 0.263. The van der Waals surface area contributed by atoms with Crippen LogP contribution < -0.4 is 30.4 Å². The molecule has 0 aliphatic carbocycles. The number of ether oxygens (including phenoxy) is 3. The number of hydrogen-bond acceptors (Lipinski definition) is 5.